The summed E-state index contributed by atoms with van der Waals surface area (Å²) in [7, 11) is -3.70. The molecule has 0 spiro atoms. The van der Waals surface area contributed by atoms with Crippen LogP contribution < -0.4 is 10.3 Å². The summed E-state index contributed by atoms with van der Waals surface area (Å²) in [4.78, 5) is 33.5. The summed E-state index contributed by atoms with van der Waals surface area (Å²) in [5, 5.41) is 21.0. The Hall–Kier alpha value is -4.31. The molecule has 0 atom stereocenters. The Kier molecular flexibility index (Phi) is 7.05. The predicted molar refractivity (Wildman–Crippen MR) is 151 cm³/mol. The molecule has 5 rings (SSSR count). The standard InChI is InChI=1S/C27H19ClN4O6S2/c1-14-31-24-21(40(2,36)37)6-3-15(12-29)22(24)26(33)32(14)9-10-38-20-5-4-16(28)11-18(20)17-7-8-30-23-19(27(34)35)13-39-25(17)23/h3-8,11,13H,9-10H2,1-2H3,(H,34,35). The Morgan fingerprint density at radius 1 is 1.20 bits per heavy atom. The van der Waals surface area contributed by atoms with Crippen molar-refractivity contribution in [1.29, 1.82) is 5.26 Å². The first kappa shape index (κ1) is 27.3. The second kappa shape index (κ2) is 10.3. The zero-order chi connectivity index (χ0) is 28.8. The highest BCUT2D eigenvalue weighted by Crippen LogP contribution is 2.39. The number of thiophene rings is 1. The van der Waals surface area contributed by atoms with Crippen LogP contribution in [0.5, 0.6) is 5.75 Å². The van der Waals surface area contributed by atoms with Gasteiger partial charge >= 0.3 is 5.97 Å². The first-order valence-electron chi connectivity index (χ1n) is 11.7. The molecular formula is C27H19ClN4O6S2. The van der Waals surface area contributed by atoms with Crippen LogP contribution in [0.1, 0.15) is 21.7 Å². The zero-order valence-electron chi connectivity index (χ0n) is 21.0. The largest absolute Gasteiger partial charge is 0.491 e. The number of halogens is 1. The molecule has 3 heterocycles. The van der Waals surface area contributed by atoms with Crippen molar-refractivity contribution in [3.05, 3.63) is 80.3 Å². The number of carbonyl (C=O) groups is 1. The minimum atomic E-state index is -3.70. The number of fused-ring (bicyclic) bond motifs is 2. The number of nitriles is 1. The van der Waals surface area contributed by atoms with E-state index < -0.39 is 21.4 Å². The molecule has 0 saturated carbocycles. The van der Waals surface area contributed by atoms with Crippen LogP contribution in [0.3, 0.4) is 0 Å². The Morgan fingerprint density at radius 2 is 1.98 bits per heavy atom. The minimum absolute atomic E-state index is 0.0212. The fraction of sp³-hybridized carbons (Fsp3) is 0.148. The van der Waals surface area contributed by atoms with Gasteiger partial charge < -0.3 is 9.84 Å². The van der Waals surface area contributed by atoms with Crippen LogP contribution >= 0.6 is 22.9 Å². The van der Waals surface area contributed by atoms with Gasteiger partial charge in [-0.05, 0) is 43.3 Å². The Bertz CT molecular complexity index is 2060. The van der Waals surface area contributed by atoms with Crippen LogP contribution in [-0.2, 0) is 16.4 Å². The average molecular weight is 595 g/mol. The maximum absolute atomic E-state index is 13.4. The van der Waals surface area contributed by atoms with E-state index in [0.29, 0.717) is 32.1 Å². The lowest BCUT2D eigenvalue weighted by Gasteiger charge is -2.16. The molecule has 0 fully saturated rings. The molecular weight excluding hydrogens is 576 g/mol. The topological polar surface area (TPSA) is 152 Å². The average Bonchev–Trinajstić information content (AvgIpc) is 3.34. The molecule has 202 valence electrons. The number of nitrogens with zero attached hydrogens (tertiary/aromatic N) is 4. The van der Waals surface area contributed by atoms with Gasteiger partial charge in [-0.3, -0.25) is 14.3 Å². The molecule has 5 aromatic rings. The van der Waals surface area contributed by atoms with Crippen molar-refractivity contribution in [2.75, 3.05) is 12.9 Å². The highest BCUT2D eigenvalue weighted by atomic mass is 35.5. The number of carboxylic acid groups (broad SMARTS) is 1. The summed E-state index contributed by atoms with van der Waals surface area (Å²) >= 11 is 7.53. The summed E-state index contributed by atoms with van der Waals surface area (Å²) in [5.41, 5.74) is 1.18. The molecule has 0 radical (unpaired) electrons. The van der Waals surface area contributed by atoms with Gasteiger partial charge in [0.05, 0.1) is 43.7 Å². The van der Waals surface area contributed by atoms with E-state index in [1.54, 1.807) is 31.2 Å². The monoisotopic (exact) mass is 594 g/mol. The predicted octanol–water partition coefficient (Wildman–Crippen LogP) is 4.69. The molecule has 1 N–H and O–H groups in total. The molecule has 0 unspecified atom stereocenters. The maximum Gasteiger partial charge on any atom is 0.338 e. The van der Waals surface area contributed by atoms with Crippen molar-refractivity contribution >= 4 is 59.9 Å². The molecule has 40 heavy (non-hydrogen) atoms. The number of rotatable bonds is 7. The molecule has 0 amide bonds. The number of ether oxygens (including phenoxy) is 1. The molecule has 0 aliphatic heterocycles. The smallest absolute Gasteiger partial charge is 0.338 e. The van der Waals surface area contributed by atoms with Gasteiger partial charge in [-0.15, -0.1) is 11.3 Å². The highest BCUT2D eigenvalue weighted by Gasteiger charge is 2.21. The van der Waals surface area contributed by atoms with E-state index in [0.717, 1.165) is 6.26 Å². The molecule has 0 aliphatic rings. The number of hydrogen-bond acceptors (Lipinski definition) is 9. The van der Waals surface area contributed by atoms with Gasteiger partial charge in [0.1, 0.15) is 24.3 Å². The number of pyridine rings is 1. The van der Waals surface area contributed by atoms with Gasteiger partial charge in [-0.2, -0.15) is 5.26 Å². The van der Waals surface area contributed by atoms with E-state index in [2.05, 4.69) is 9.97 Å². The highest BCUT2D eigenvalue weighted by molar-refractivity contribution is 7.91. The Morgan fingerprint density at radius 3 is 2.67 bits per heavy atom. The second-order valence-corrected chi connectivity index (χ2v) is 12.1. The molecule has 2 aromatic carbocycles. The molecule has 0 aliphatic carbocycles. The van der Waals surface area contributed by atoms with Crippen molar-refractivity contribution in [3.8, 4) is 22.9 Å². The third-order valence-electron chi connectivity index (χ3n) is 6.27. The van der Waals surface area contributed by atoms with Crippen molar-refractivity contribution < 1.29 is 23.1 Å². The van der Waals surface area contributed by atoms with Gasteiger partial charge in [0, 0.05) is 34.0 Å². The van der Waals surface area contributed by atoms with Crippen molar-refractivity contribution in [1.82, 2.24) is 14.5 Å². The second-order valence-electron chi connectivity index (χ2n) is 8.81. The van der Waals surface area contributed by atoms with E-state index in [9.17, 15) is 28.4 Å². The lowest BCUT2D eigenvalue weighted by atomic mass is 10.0. The summed E-state index contributed by atoms with van der Waals surface area (Å²) in [6.07, 6.45) is 2.53. The maximum atomic E-state index is 13.4. The van der Waals surface area contributed by atoms with Gasteiger partial charge in [0.15, 0.2) is 9.84 Å². The van der Waals surface area contributed by atoms with Crippen LogP contribution in [0.15, 0.2) is 57.7 Å². The van der Waals surface area contributed by atoms with Gasteiger partial charge in [0.2, 0.25) is 0 Å². The van der Waals surface area contributed by atoms with Crippen molar-refractivity contribution in [2.24, 2.45) is 0 Å². The summed E-state index contributed by atoms with van der Waals surface area (Å²) in [6, 6.07) is 11.3. The van der Waals surface area contributed by atoms with E-state index in [1.807, 2.05) is 6.07 Å². The molecule has 0 saturated heterocycles. The van der Waals surface area contributed by atoms with Crippen LogP contribution in [0.2, 0.25) is 5.02 Å². The van der Waals surface area contributed by atoms with Crippen LogP contribution in [0, 0.1) is 18.3 Å². The quantitative estimate of drug-likeness (QED) is 0.283. The number of aryl methyl sites for hydroxylation is 1. The first-order chi connectivity index (χ1) is 19.0. The summed E-state index contributed by atoms with van der Waals surface area (Å²) in [5.74, 6) is -0.377. The number of benzene rings is 2. The normalized spacial score (nSPS) is 11.6. The van der Waals surface area contributed by atoms with E-state index in [-0.39, 0.29) is 45.9 Å². The van der Waals surface area contributed by atoms with Crippen LogP contribution in [-0.4, -0.2) is 46.9 Å². The fourth-order valence-electron chi connectivity index (χ4n) is 4.44. The number of sulfone groups is 1. The third-order valence-corrected chi connectivity index (χ3v) is 8.64. The first-order valence-corrected chi connectivity index (χ1v) is 14.8. The van der Waals surface area contributed by atoms with Crippen molar-refractivity contribution in [3.63, 3.8) is 0 Å². The fourth-order valence-corrected chi connectivity index (χ4v) is 6.46. The van der Waals surface area contributed by atoms with Crippen molar-refractivity contribution in [2.45, 2.75) is 18.4 Å². The molecule has 10 nitrogen and oxygen atoms in total. The summed E-state index contributed by atoms with van der Waals surface area (Å²) < 4.78 is 32.6. The van der Waals surface area contributed by atoms with E-state index in [4.69, 9.17) is 16.3 Å². The third kappa shape index (κ3) is 4.79. The molecule has 13 heteroatoms. The zero-order valence-corrected chi connectivity index (χ0v) is 23.4. The number of aromatic carboxylic acids is 1. The van der Waals surface area contributed by atoms with Crippen LogP contribution in [0.25, 0.3) is 32.2 Å². The van der Waals surface area contributed by atoms with Gasteiger partial charge in [-0.1, -0.05) is 11.6 Å². The lowest BCUT2D eigenvalue weighted by Crippen LogP contribution is -2.27. The number of hydrogen-bond donors (Lipinski definition) is 1. The Balaban J connectivity index is 1.52. The number of aromatic nitrogens is 3. The molecule has 0 bridgehead atoms. The van der Waals surface area contributed by atoms with Crippen LogP contribution in [0.4, 0.5) is 0 Å². The van der Waals surface area contributed by atoms with E-state index in [1.165, 1.54) is 39.6 Å². The van der Waals surface area contributed by atoms with Gasteiger partial charge in [0.25, 0.3) is 5.56 Å². The van der Waals surface area contributed by atoms with E-state index >= 15 is 0 Å². The summed E-state index contributed by atoms with van der Waals surface area (Å²) in [6.45, 7) is 1.65. The Labute approximate surface area is 236 Å². The minimum Gasteiger partial charge on any atom is -0.491 e. The number of carboxylic acids is 1. The lowest BCUT2D eigenvalue weighted by molar-refractivity contribution is 0.0699. The SMILES string of the molecule is Cc1nc2c(S(C)(=O)=O)ccc(C#N)c2c(=O)n1CCOc1ccc(Cl)cc1-c1ccnc2c(C(=O)O)csc12. The molecule has 3 aromatic heterocycles. The van der Waals surface area contributed by atoms with Gasteiger partial charge in [-0.25, -0.2) is 18.2 Å².